The highest BCUT2D eigenvalue weighted by Gasteiger charge is 1.95. The number of aryl methyl sites for hydroxylation is 1. The van der Waals surface area contributed by atoms with Crippen molar-refractivity contribution >= 4 is 5.65 Å². The average molecular weight is 164 g/mol. The third-order valence-electron chi connectivity index (χ3n) is 1.36. The van der Waals surface area contributed by atoms with E-state index < -0.39 is 0 Å². The number of rotatable bonds is 0. The van der Waals surface area contributed by atoms with Crippen molar-refractivity contribution in [1.29, 1.82) is 0 Å². The van der Waals surface area contributed by atoms with Crippen LogP contribution in [0.5, 0.6) is 0 Å². The second-order valence-corrected chi connectivity index (χ2v) is 2.02. The van der Waals surface area contributed by atoms with E-state index in [0.717, 1.165) is 11.5 Å². The summed E-state index contributed by atoms with van der Waals surface area (Å²) in [5, 5.41) is 4.01. The van der Waals surface area contributed by atoms with E-state index in [1.54, 1.807) is 10.7 Å². The Bertz CT molecular complexity index is 353. The molecule has 2 aromatic heterocycles. The van der Waals surface area contributed by atoms with E-state index in [4.69, 9.17) is 0 Å². The van der Waals surface area contributed by atoms with Gasteiger partial charge in [-0.3, -0.25) is 0 Å². The van der Waals surface area contributed by atoms with Crippen LogP contribution >= 0.6 is 0 Å². The van der Waals surface area contributed by atoms with Gasteiger partial charge in [-0.25, -0.2) is 14.5 Å². The van der Waals surface area contributed by atoms with Crippen LogP contribution in [-0.2, 0) is 0 Å². The molecule has 0 aromatic carbocycles. The summed E-state index contributed by atoms with van der Waals surface area (Å²) in [4.78, 5) is 7.96. The van der Waals surface area contributed by atoms with Gasteiger partial charge in [-0.2, -0.15) is 5.10 Å². The van der Waals surface area contributed by atoms with Gasteiger partial charge in [0.05, 0.1) is 6.20 Å². The quantitative estimate of drug-likeness (QED) is 0.592. The Morgan fingerprint density at radius 1 is 1.25 bits per heavy atom. The van der Waals surface area contributed by atoms with Gasteiger partial charge in [0.15, 0.2) is 5.65 Å². The summed E-state index contributed by atoms with van der Waals surface area (Å²) in [6.07, 6.45) is 3.24. The molecule has 0 saturated heterocycles. The normalized spacial score (nSPS) is 9.25. The van der Waals surface area contributed by atoms with Crippen LogP contribution < -0.4 is 0 Å². The Morgan fingerprint density at radius 2 is 2.00 bits per heavy atom. The molecule has 0 aliphatic heterocycles. The first-order valence-electron chi connectivity index (χ1n) is 3.99. The van der Waals surface area contributed by atoms with Crippen molar-refractivity contribution in [1.82, 2.24) is 19.6 Å². The highest BCUT2D eigenvalue weighted by atomic mass is 15.3. The lowest BCUT2D eigenvalue weighted by atomic mass is 10.6. The molecule has 0 bridgehead atoms. The lowest BCUT2D eigenvalue weighted by molar-refractivity contribution is 0.837. The predicted molar refractivity (Wildman–Crippen MR) is 46.9 cm³/mol. The summed E-state index contributed by atoms with van der Waals surface area (Å²) >= 11 is 0. The van der Waals surface area contributed by atoms with Crippen LogP contribution in [0, 0.1) is 6.92 Å². The van der Waals surface area contributed by atoms with E-state index in [2.05, 4.69) is 15.1 Å². The molecule has 4 nitrogen and oxygen atoms in total. The molecular formula is C8H12N4. The highest BCUT2D eigenvalue weighted by molar-refractivity contribution is 5.34. The highest BCUT2D eigenvalue weighted by Crippen LogP contribution is 1.96. The van der Waals surface area contributed by atoms with E-state index in [-0.39, 0.29) is 0 Å². The van der Waals surface area contributed by atoms with Crippen molar-refractivity contribution in [2.24, 2.45) is 0 Å². The Hall–Kier alpha value is -1.45. The summed E-state index contributed by atoms with van der Waals surface area (Å²) < 4.78 is 1.69. The molecule has 0 spiro atoms. The van der Waals surface area contributed by atoms with Crippen molar-refractivity contribution in [2.75, 3.05) is 0 Å². The van der Waals surface area contributed by atoms with Gasteiger partial charge in [0.25, 0.3) is 0 Å². The van der Waals surface area contributed by atoms with Crippen LogP contribution in [0.25, 0.3) is 5.65 Å². The van der Waals surface area contributed by atoms with Gasteiger partial charge in [-0.1, -0.05) is 13.8 Å². The number of hydrogen-bond donors (Lipinski definition) is 0. The van der Waals surface area contributed by atoms with Crippen LogP contribution in [0.15, 0.2) is 18.6 Å². The molecule has 12 heavy (non-hydrogen) atoms. The zero-order valence-electron chi connectivity index (χ0n) is 7.52. The van der Waals surface area contributed by atoms with Crippen LogP contribution in [0.1, 0.15) is 19.7 Å². The second-order valence-electron chi connectivity index (χ2n) is 2.02. The third kappa shape index (κ3) is 1.42. The molecule has 0 N–H and O–H groups in total. The van der Waals surface area contributed by atoms with Gasteiger partial charge >= 0.3 is 0 Å². The van der Waals surface area contributed by atoms with Crippen LogP contribution in [-0.4, -0.2) is 19.6 Å². The topological polar surface area (TPSA) is 43.1 Å². The predicted octanol–water partition coefficient (Wildman–Crippen LogP) is 1.46. The Kier molecular flexibility index (Phi) is 2.74. The molecule has 2 heterocycles. The van der Waals surface area contributed by atoms with E-state index in [9.17, 15) is 0 Å². The van der Waals surface area contributed by atoms with Gasteiger partial charge in [0, 0.05) is 6.07 Å². The molecule has 4 heteroatoms. The first-order valence-corrected chi connectivity index (χ1v) is 3.99. The van der Waals surface area contributed by atoms with E-state index in [1.165, 1.54) is 6.33 Å². The number of aromatic nitrogens is 4. The smallest absolute Gasteiger partial charge is 0.158 e. The second kappa shape index (κ2) is 3.80. The Balaban J connectivity index is 0.000000336. The van der Waals surface area contributed by atoms with Crippen molar-refractivity contribution in [2.45, 2.75) is 20.8 Å². The monoisotopic (exact) mass is 164 g/mol. The van der Waals surface area contributed by atoms with Gasteiger partial charge in [-0.05, 0) is 6.92 Å². The third-order valence-corrected chi connectivity index (χ3v) is 1.36. The van der Waals surface area contributed by atoms with Gasteiger partial charge < -0.3 is 0 Å². The molecule has 0 amide bonds. The molecule has 0 saturated carbocycles. The minimum Gasteiger partial charge on any atom is -0.222 e. The Morgan fingerprint density at radius 3 is 2.67 bits per heavy atom. The Labute approximate surface area is 71.3 Å². The molecule has 64 valence electrons. The standard InChI is InChI=1S/C6H6N4.C2H6/c1-5-7-4-8-6-2-3-9-10(5)6;1-2/h2-4H,1H3;1-2H3. The number of nitrogens with zero attached hydrogens (tertiary/aromatic N) is 4. The maximum absolute atomic E-state index is 4.01. The van der Waals surface area contributed by atoms with Gasteiger partial charge in [0.1, 0.15) is 12.2 Å². The summed E-state index contributed by atoms with van der Waals surface area (Å²) in [6, 6.07) is 1.84. The van der Waals surface area contributed by atoms with E-state index in [1.807, 2.05) is 26.8 Å². The van der Waals surface area contributed by atoms with Crippen molar-refractivity contribution in [3.05, 3.63) is 24.4 Å². The van der Waals surface area contributed by atoms with Crippen molar-refractivity contribution in [3.8, 4) is 0 Å². The van der Waals surface area contributed by atoms with Crippen LogP contribution in [0.4, 0.5) is 0 Å². The van der Waals surface area contributed by atoms with Gasteiger partial charge in [0.2, 0.25) is 0 Å². The molecule has 2 aromatic rings. The fourth-order valence-electron chi connectivity index (χ4n) is 0.870. The van der Waals surface area contributed by atoms with E-state index in [0.29, 0.717) is 0 Å². The zero-order chi connectivity index (χ0) is 8.97. The summed E-state index contributed by atoms with van der Waals surface area (Å²) in [5.41, 5.74) is 0.840. The van der Waals surface area contributed by atoms with Crippen LogP contribution in [0.3, 0.4) is 0 Å². The molecular weight excluding hydrogens is 152 g/mol. The van der Waals surface area contributed by atoms with Crippen LogP contribution in [0.2, 0.25) is 0 Å². The van der Waals surface area contributed by atoms with Crippen molar-refractivity contribution < 1.29 is 0 Å². The fraction of sp³-hybridized carbons (Fsp3) is 0.375. The molecule has 0 aliphatic rings. The molecule has 0 atom stereocenters. The zero-order valence-corrected chi connectivity index (χ0v) is 7.52. The first kappa shape index (κ1) is 8.64. The van der Waals surface area contributed by atoms with Crippen molar-refractivity contribution in [3.63, 3.8) is 0 Å². The lowest BCUT2D eigenvalue weighted by Gasteiger charge is -1.93. The molecule has 0 unspecified atom stereocenters. The number of hydrogen-bond acceptors (Lipinski definition) is 3. The minimum absolute atomic E-state index is 0.840. The summed E-state index contributed by atoms with van der Waals surface area (Å²) in [6.45, 7) is 5.89. The largest absolute Gasteiger partial charge is 0.222 e. The SMILES string of the molecule is CC.Cc1ncnc2ccnn12. The number of fused-ring (bicyclic) bond motifs is 1. The average Bonchev–Trinajstić information content (AvgIpc) is 2.57. The minimum atomic E-state index is 0.840. The first-order chi connectivity index (χ1) is 5.88. The van der Waals surface area contributed by atoms with E-state index >= 15 is 0 Å². The lowest BCUT2D eigenvalue weighted by Crippen LogP contribution is -1.97. The maximum atomic E-state index is 4.01. The summed E-state index contributed by atoms with van der Waals surface area (Å²) in [7, 11) is 0. The fourth-order valence-corrected chi connectivity index (χ4v) is 0.870. The van der Waals surface area contributed by atoms with Gasteiger partial charge in [-0.15, -0.1) is 0 Å². The maximum Gasteiger partial charge on any atom is 0.158 e. The molecule has 0 fully saturated rings. The molecule has 2 rings (SSSR count). The molecule has 0 aliphatic carbocycles. The summed E-state index contributed by atoms with van der Waals surface area (Å²) in [5.74, 6) is 0.856. The molecule has 0 radical (unpaired) electrons.